The van der Waals surface area contributed by atoms with E-state index >= 15 is 0 Å². The Kier molecular flexibility index (Phi) is 6.67. The summed E-state index contributed by atoms with van der Waals surface area (Å²) in [6, 6.07) is -3.13. The van der Waals surface area contributed by atoms with E-state index in [-0.39, 0.29) is 0 Å². The lowest BCUT2D eigenvalue weighted by atomic mass is 10.1. The summed E-state index contributed by atoms with van der Waals surface area (Å²) in [6.45, 7) is 0. The number of azide groups is 1. The fourth-order valence-corrected chi connectivity index (χ4v) is 1.01. The van der Waals surface area contributed by atoms with Gasteiger partial charge in [-0.15, -0.1) is 0 Å². The Morgan fingerprint density at radius 3 is 2.06 bits per heavy atom. The topological polar surface area (TPSA) is 140 Å². The summed E-state index contributed by atoms with van der Waals surface area (Å²) in [7, 11) is 3.14. The van der Waals surface area contributed by atoms with Crippen LogP contribution in [0.3, 0.4) is 0 Å². The van der Waals surface area contributed by atoms with Crippen molar-refractivity contribution in [1.82, 2.24) is 5.32 Å². The van der Waals surface area contributed by atoms with Gasteiger partial charge in [0, 0.05) is 4.91 Å². The SMILES string of the molecule is COC(=O)N[C@@H](C(=O)OC)[C@H](N=[N+]=[N-])C(=O)OC. The zero-order chi connectivity index (χ0) is 14.1. The van der Waals surface area contributed by atoms with Crippen LogP contribution < -0.4 is 5.32 Å². The lowest BCUT2D eigenvalue weighted by Crippen LogP contribution is -2.51. The molecule has 0 aromatic rings. The first-order valence-electron chi connectivity index (χ1n) is 4.56. The Balaban J connectivity index is 5.21. The number of methoxy groups -OCH3 is 3. The van der Waals surface area contributed by atoms with Gasteiger partial charge in [0.1, 0.15) is 6.04 Å². The second kappa shape index (κ2) is 7.74. The molecule has 0 heterocycles. The van der Waals surface area contributed by atoms with Crippen LogP contribution in [0.5, 0.6) is 0 Å². The summed E-state index contributed by atoms with van der Waals surface area (Å²) in [6.07, 6.45) is -0.993. The quantitative estimate of drug-likeness (QED) is 0.237. The van der Waals surface area contributed by atoms with Crippen LogP contribution in [-0.4, -0.2) is 51.4 Å². The summed E-state index contributed by atoms with van der Waals surface area (Å²) < 4.78 is 13.0. The molecule has 100 valence electrons. The van der Waals surface area contributed by atoms with Crippen LogP contribution in [0.25, 0.3) is 10.4 Å². The maximum Gasteiger partial charge on any atom is 0.407 e. The third kappa shape index (κ3) is 4.18. The van der Waals surface area contributed by atoms with E-state index < -0.39 is 30.1 Å². The zero-order valence-corrected chi connectivity index (χ0v) is 9.95. The predicted octanol–water partition coefficient (Wildman–Crippen LogP) is -0.264. The Bertz CT molecular complexity index is 378. The van der Waals surface area contributed by atoms with E-state index in [1.54, 1.807) is 0 Å². The highest BCUT2D eigenvalue weighted by Crippen LogP contribution is 2.05. The number of hydrogen-bond acceptors (Lipinski definition) is 7. The van der Waals surface area contributed by atoms with E-state index in [1.165, 1.54) is 0 Å². The molecule has 10 heteroatoms. The predicted molar refractivity (Wildman–Crippen MR) is 56.3 cm³/mol. The van der Waals surface area contributed by atoms with Gasteiger partial charge in [0.25, 0.3) is 0 Å². The molecule has 0 fully saturated rings. The average molecular weight is 260 g/mol. The van der Waals surface area contributed by atoms with E-state index in [0.717, 1.165) is 21.3 Å². The fourth-order valence-electron chi connectivity index (χ4n) is 1.01. The number of alkyl carbamates (subject to hydrolysis) is 1. The first-order valence-corrected chi connectivity index (χ1v) is 4.56. The van der Waals surface area contributed by atoms with E-state index in [9.17, 15) is 14.4 Å². The van der Waals surface area contributed by atoms with Crippen molar-refractivity contribution in [3.05, 3.63) is 10.4 Å². The Morgan fingerprint density at radius 1 is 1.11 bits per heavy atom. The molecule has 0 unspecified atom stereocenters. The van der Waals surface area contributed by atoms with Crippen molar-refractivity contribution >= 4 is 18.0 Å². The van der Waals surface area contributed by atoms with Gasteiger partial charge in [-0.2, -0.15) is 0 Å². The number of rotatable bonds is 5. The molecular weight excluding hydrogens is 248 g/mol. The van der Waals surface area contributed by atoms with Gasteiger partial charge in [-0.25, -0.2) is 9.59 Å². The Labute approximate surface area is 102 Å². The van der Waals surface area contributed by atoms with Gasteiger partial charge in [0.2, 0.25) is 0 Å². The smallest absolute Gasteiger partial charge is 0.407 e. The minimum atomic E-state index is -1.59. The molecule has 1 amide bonds. The van der Waals surface area contributed by atoms with Crippen LogP contribution in [-0.2, 0) is 23.8 Å². The molecule has 0 aromatic carbocycles. The third-order valence-electron chi connectivity index (χ3n) is 1.85. The average Bonchev–Trinajstić information content (AvgIpc) is 2.40. The van der Waals surface area contributed by atoms with Gasteiger partial charge in [0.15, 0.2) is 6.04 Å². The molecule has 0 bridgehead atoms. The molecule has 0 aliphatic carbocycles. The highest BCUT2D eigenvalue weighted by molar-refractivity contribution is 5.89. The van der Waals surface area contributed by atoms with Crippen molar-refractivity contribution in [3.8, 4) is 0 Å². The van der Waals surface area contributed by atoms with E-state index in [2.05, 4.69) is 24.2 Å². The third-order valence-corrected chi connectivity index (χ3v) is 1.85. The number of nitrogens with zero attached hydrogens (tertiary/aromatic N) is 3. The van der Waals surface area contributed by atoms with Gasteiger partial charge in [-0.1, -0.05) is 5.11 Å². The molecule has 0 saturated carbocycles. The van der Waals surface area contributed by atoms with Gasteiger partial charge in [0.05, 0.1) is 21.3 Å². The highest BCUT2D eigenvalue weighted by atomic mass is 16.5. The zero-order valence-electron chi connectivity index (χ0n) is 9.95. The number of ether oxygens (including phenoxy) is 3. The van der Waals surface area contributed by atoms with E-state index in [1.807, 2.05) is 5.32 Å². The number of carbonyl (C=O) groups excluding carboxylic acids is 3. The molecule has 0 aliphatic rings. The maximum atomic E-state index is 11.4. The maximum absolute atomic E-state index is 11.4. The van der Waals surface area contributed by atoms with Crippen molar-refractivity contribution in [2.45, 2.75) is 12.1 Å². The lowest BCUT2D eigenvalue weighted by molar-refractivity contribution is -0.150. The number of carbonyl (C=O) groups is 3. The molecule has 0 aliphatic heterocycles. The Hall–Kier alpha value is -2.48. The van der Waals surface area contributed by atoms with Crippen LogP contribution in [0.15, 0.2) is 5.11 Å². The minimum absolute atomic E-state index is 0.983. The first kappa shape index (κ1) is 15.5. The molecule has 0 radical (unpaired) electrons. The normalized spacial score (nSPS) is 12.4. The lowest BCUT2D eigenvalue weighted by Gasteiger charge is -2.19. The number of amides is 1. The van der Waals surface area contributed by atoms with Crippen molar-refractivity contribution in [1.29, 1.82) is 0 Å². The molecule has 2 atom stereocenters. The molecule has 0 rings (SSSR count). The summed E-state index contributed by atoms with van der Waals surface area (Å²) in [5.74, 6) is -1.98. The van der Waals surface area contributed by atoms with Crippen LogP contribution in [0.4, 0.5) is 4.79 Å². The number of hydrogen-bond donors (Lipinski definition) is 1. The first-order chi connectivity index (χ1) is 8.51. The van der Waals surface area contributed by atoms with Crippen LogP contribution >= 0.6 is 0 Å². The largest absolute Gasteiger partial charge is 0.469 e. The summed E-state index contributed by atoms with van der Waals surface area (Å²) in [4.78, 5) is 36.2. The van der Waals surface area contributed by atoms with Crippen LogP contribution in [0, 0.1) is 0 Å². The fraction of sp³-hybridized carbons (Fsp3) is 0.625. The second-order valence-electron chi connectivity index (χ2n) is 2.81. The van der Waals surface area contributed by atoms with E-state index in [4.69, 9.17) is 5.53 Å². The van der Waals surface area contributed by atoms with Crippen LogP contribution in [0.1, 0.15) is 0 Å². The highest BCUT2D eigenvalue weighted by Gasteiger charge is 2.36. The van der Waals surface area contributed by atoms with Crippen molar-refractivity contribution in [2.75, 3.05) is 21.3 Å². The standard InChI is InChI=1S/C8H12N4O6/c1-16-6(13)4(10-8(15)18-3)5(11-12-9)7(14)17-2/h4-5H,1-3H3,(H,10,15)/t4-,5+/m1/s1. The summed E-state index contributed by atoms with van der Waals surface area (Å²) >= 11 is 0. The molecule has 0 saturated heterocycles. The van der Waals surface area contributed by atoms with Gasteiger partial charge in [-0.3, -0.25) is 4.79 Å². The van der Waals surface area contributed by atoms with Gasteiger partial charge in [-0.05, 0) is 5.53 Å². The summed E-state index contributed by atoms with van der Waals surface area (Å²) in [5.41, 5.74) is 8.33. The second-order valence-corrected chi connectivity index (χ2v) is 2.81. The molecule has 18 heavy (non-hydrogen) atoms. The van der Waals surface area contributed by atoms with E-state index in [0.29, 0.717) is 0 Å². The van der Waals surface area contributed by atoms with Crippen LogP contribution in [0.2, 0.25) is 0 Å². The molecule has 0 aromatic heterocycles. The molecule has 1 N–H and O–H groups in total. The number of esters is 2. The van der Waals surface area contributed by atoms with Gasteiger partial charge < -0.3 is 19.5 Å². The van der Waals surface area contributed by atoms with Crippen molar-refractivity contribution in [3.63, 3.8) is 0 Å². The molecule has 0 spiro atoms. The Morgan fingerprint density at radius 2 is 1.67 bits per heavy atom. The van der Waals surface area contributed by atoms with Gasteiger partial charge >= 0.3 is 18.0 Å². The molecular formula is C8H12N4O6. The summed E-state index contributed by atoms with van der Waals surface area (Å²) in [5, 5.41) is 5.10. The van der Waals surface area contributed by atoms with Crippen molar-refractivity contribution < 1.29 is 28.6 Å². The number of nitrogens with one attached hydrogen (secondary N) is 1. The van der Waals surface area contributed by atoms with Crippen molar-refractivity contribution in [2.24, 2.45) is 5.11 Å². The monoisotopic (exact) mass is 260 g/mol. The minimum Gasteiger partial charge on any atom is -0.469 e. The molecule has 10 nitrogen and oxygen atoms in total.